The van der Waals surface area contributed by atoms with E-state index in [0.717, 1.165) is 6.42 Å². The number of halogens is 1. The Labute approximate surface area is 66.2 Å². The minimum absolute atomic E-state index is 0.189. The first-order chi connectivity index (χ1) is 5.18. The van der Waals surface area contributed by atoms with Gasteiger partial charge < -0.3 is 10.1 Å². The molecule has 0 saturated carbocycles. The summed E-state index contributed by atoms with van der Waals surface area (Å²) < 4.78 is 12.6. The zero-order chi connectivity index (χ0) is 8.27. The molecule has 1 aliphatic heterocycles. The molecule has 0 spiro atoms. The summed E-state index contributed by atoms with van der Waals surface area (Å²) >= 11 is 0. The molecule has 1 N–H and O–H groups in total. The highest BCUT2D eigenvalue weighted by Crippen LogP contribution is 2.14. The molecule has 3 heteroatoms. The molecule has 64 valence electrons. The van der Waals surface area contributed by atoms with E-state index in [4.69, 9.17) is 0 Å². The summed E-state index contributed by atoms with van der Waals surface area (Å²) in [6.07, 6.45) is 1.24. The molecule has 0 aromatic rings. The van der Waals surface area contributed by atoms with Crippen LogP contribution >= 0.6 is 0 Å². The molecule has 1 rings (SSSR count). The molecule has 1 aliphatic rings. The van der Waals surface area contributed by atoms with Gasteiger partial charge in [0.1, 0.15) is 12.0 Å². The van der Waals surface area contributed by atoms with Crippen LogP contribution in [0.5, 0.6) is 0 Å². The summed E-state index contributed by atoms with van der Waals surface area (Å²) in [5.74, 6) is 0.189. The largest absolute Gasteiger partial charge is 0.311 e. The van der Waals surface area contributed by atoms with E-state index < -0.39 is 6.17 Å². The number of carbonyl (C=O) groups is 1. The Kier molecular flexibility index (Phi) is 3.00. The van der Waals surface area contributed by atoms with Gasteiger partial charge in [-0.1, -0.05) is 0 Å². The van der Waals surface area contributed by atoms with Gasteiger partial charge in [-0.3, -0.25) is 0 Å². The van der Waals surface area contributed by atoms with Crippen LogP contribution in [0.3, 0.4) is 0 Å². The molecule has 11 heavy (non-hydrogen) atoms. The molecule has 0 aromatic carbocycles. The van der Waals surface area contributed by atoms with E-state index in [-0.39, 0.29) is 11.8 Å². The number of ketones is 1. The van der Waals surface area contributed by atoms with Crippen molar-refractivity contribution in [3.8, 4) is 0 Å². The van der Waals surface area contributed by atoms with Gasteiger partial charge in [0, 0.05) is 19.0 Å². The van der Waals surface area contributed by atoms with Gasteiger partial charge in [-0.2, -0.15) is 0 Å². The van der Waals surface area contributed by atoms with Gasteiger partial charge in [-0.15, -0.1) is 0 Å². The van der Waals surface area contributed by atoms with Crippen LogP contribution in [0.15, 0.2) is 0 Å². The van der Waals surface area contributed by atoms with Gasteiger partial charge in [-0.25, -0.2) is 4.39 Å². The van der Waals surface area contributed by atoms with E-state index in [2.05, 4.69) is 5.32 Å². The molecule has 0 unspecified atom stereocenters. The normalized spacial score (nSPS) is 30.7. The second-order valence-corrected chi connectivity index (χ2v) is 3.18. The van der Waals surface area contributed by atoms with Crippen LogP contribution in [-0.4, -0.2) is 24.5 Å². The number of Topliss-reactive ketones (excluding diaryl/α,β-unsaturated/α-hetero) is 1. The second-order valence-electron chi connectivity index (χ2n) is 3.18. The minimum atomic E-state index is -0.702. The highest BCUT2D eigenvalue weighted by molar-refractivity contribution is 5.75. The molecule has 0 aromatic heterocycles. The maximum absolute atomic E-state index is 12.6. The molecule has 2 atom stereocenters. The zero-order valence-corrected chi connectivity index (χ0v) is 6.77. The van der Waals surface area contributed by atoms with E-state index in [0.29, 0.717) is 19.4 Å². The lowest BCUT2D eigenvalue weighted by Crippen LogP contribution is -2.21. The van der Waals surface area contributed by atoms with E-state index >= 15 is 0 Å². The van der Waals surface area contributed by atoms with E-state index in [1.807, 2.05) is 0 Å². The summed E-state index contributed by atoms with van der Waals surface area (Å²) in [4.78, 5) is 10.6. The van der Waals surface area contributed by atoms with Crippen molar-refractivity contribution >= 4 is 5.78 Å². The first kappa shape index (κ1) is 8.65. The molecule has 0 aliphatic carbocycles. The predicted molar refractivity (Wildman–Crippen MR) is 41.2 cm³/mol. The second kappa shape index (κ2) is 3.81. The van der Waals surface area contributed by atoms with E-state index in [9.17, 15) is 9.18 Å². The van der Waals surface area contributed by atoms with Crippen LogP contribution in [-0.2, 0) is 4.79 Å². The number of hydrogen-bond donors (Lipinski definition) is 1. The van der Waals surface area contributed by atoms with Crippen molar-refractivity contribution in [1.82, 2.24) is 5.32 Å². The van der Waals surface area contributed by atoms with Gasteiger partial charge in [-0.05, 0) is 19.8 Å². The van der Waals surface area contributed by atoms with Gasteiger partial charge in [0.15, 0.2) is 0 Å². The monoisotopic (exact) mass is 159 g/mol. The third-order valence-corrected chi connectivity index (χ3v) is 2.01. The van der Waals surface area contributed by atoms with Crippen LogP contribution in [0.2, 0.25) is 0 Å². The Balaban J connectivity index is 2.13. The Hall–Kier alpha value is -0.440. The van der Waals surface area contributed by atoms with Crippen LogP contribution in [0.4, 0.5) is 4.39 Å². The Morgan fingerprint density at radius 2 is 2.45 bits per heavy atom. The van der Waals surface area contributed by atoms with Crippen molar-refractivity contribution in [2.24, 2.45) is 0 Å². The maximum Gasteiger partial charge on any atom is 0.129 e. The van der Waals surface area contributed by atoms with Crippen molar-refractivity contribution in [2.45, 2.75) is 38.4 Å². The van der Waals surface area contributed by atoms with Gasteiger partial charge in [0.05, 0.1) is 0 Å². The number of alkyl halides is 1. The lowest BCUT2D eigenvalue weighted by molar-refractivity contribution is -0.117. The van der Waals surface area contributed by atoms with Gasteiger partial charge >= 0.3 is 0 Å². The van der Waals surface area contributed by atoms with Crippen molar-refractivity contribution in [1.29, 1.82) is 0 Å². The number of rotatable bonds is 3. The highest BCUT2D eigenvalue weighted by atomic mass is 19.1. The van der Waals surface area contributed by atoms with Crippen LogP contribution in [0.1, 0.15) is 26.2 Å². The lowest BCUT2D eigenvalue weighted by atomic mass is 10.1. The van der Waals surface area contributed by atoms with Crippen molar-refractivity contribution < 1.29 is 9.18 Å². The highest BCUT2D eigenvalue weighted by Gasteiger charge is 2.22. The predicted octanol–water partition coefficient (Wildman–Crippen LogP) is 1.06. The first-order valence-corrected chi connectivity index (χ1v) is 4.05. The molecule has 0 bridgehead atoms. The summed E-state index contributed by atoms with van der Waals surface area (Å²) in [6.45, 7) is 2.03. The molecule has 1 heterocycles. The number of nitrogens with one attached hydrogen (secondary N) is 1. The zero-order valence-electron chi connectivity index (χ0n) is 6.77. The van der Waals surface area contributed by atoms with Crippen LogP contribution in [0, 0.1) is 0 Å². The first-order valence-electron chi connectivity index (χ1n) is 4.05. The fourth-order valence-electron chi connectivity index (χ4n) is 1.37. The Morgan fingerprint density at radius 3 is 2.91 bits per heavy atom. The molecule has 1 fully saturated rings. The fourth-order valence-corrected chi connectivity index (χ4v) is 1.37. The molecule has 1 saturated heterocycles. The fraction of sp³-hybridized carbons (Fsp3) is 0.875. The molecular formula is C8H14FNO. The average Bonchev–Trinajstić information content (AvgIpc) is 2.31. The van der Waals surface area contributed by atoms with Crippen molar-refractivity contribution in [2.75, 3.05) is 6.54 Å². The summed E-state index contributed by atoms with van der Waals surface area (Å²) in [5, 5.41) is 3.03. The van der Waals surface area contributed by atoms with Crippen molar-refractivity contribution in [3.05, 3.63) is 0 Å². The quantitative estimate of drug-likeness (QED) is 0.667. The van der Waals surface area contributed by atoms with E-state index in [1.165, 1.54) is 0 Å². The Morgan fingerprint density at radius 1 is 1.73 bits per heavy atom. The van der Waals surface area contributed by atoms with Gasteiger partial charge in [0.25, 0.3) is 0 Å². The summed E-state index contributed by atoms with van der Waals surface area (Å²) in [6, 6.07) is 0.230. The molecular weight excluding hydrogens is 145 g/mol. The topological polar surface area (TPSA) is 29.1 Å². The standard InChI is InChI=1S/C8H14FNO/c1-6(11)2-3-8-4-7(9)5-10-8/h7-8,10H,2-5H2,1H3/t7-,8+/m1/s1. The number of carbonyl (C=O) groups excluding carboxylic acids is 1. The summed E-state index contributed by atoms with van der Waals surface area (Å²) in [5.41, 5.74) is 0. The molecule has 0 radical (unpaired) electrons. The third kappa shape index (κ3) is 2.97. The lowest BCUT2D eigenvalue weighted by Gasteiger charge is -2.06. The van der Waals surface area contributed by atoms with Crippen molar-refractivity contribution in [3.63, 3.8) is 0 Å². The average molecular weight is 159 g/mol. The molecule has 2 nitrogen and oxygen atoms in total. The minimum Gasteiger partial charge on any atom is -0.311 e. The smallest absolute Gasteiger partial charge is 0.129 e. The molecule has 0 amide bonds. The van der Waals surface area contributed by atoms with E-state index in [1.54, 1.807) is 6.92 Å². The van der Waals surface area contributed by atoms with Gasteiger partial charge in [0.2, 0.25) is 0 Å². The van der Waals surface area contributed by atoms with Crippen LogP contribution < -0.4 is 5.32 Å². The van der Waals surface area contributed by atoms with Crippen LogP contribution in [0.25, 0.3) is 0 Å². The summed E-state index contributed by atoms with van der Waals surface area (Å²) in [7, 11) is 0. The maximum atomic E-state index is 12.6. The SMILES string of the molecule is CC(=O)CC[C@H]1C[C@@H](F)CN1. The third-order valence-electron chi connectivity index (χ3n) is 2.01. The number of hydrogen-bond acceptors (Lipinski definition) is 2. The Bertz CT molecular complexity index is 149.